The molecule has 0 spiro atoms. The van der Waals surface area contributed by atoms with E-state index in [1.165, 1.54) is 12.3 Å². The fourth-order valence-corrected chi connectivity index (χ4v) is 0.864. The normalized spacial score (nSPS) is 10.4. The van der Waals surface area contributed by atoms with Crippen molar-refractivity contribution >= 4 is 18.1 Å². The van der Waals surface area contributed by atoms with E-state index in [1.54, 1.807) is 24.4 Å². The van der Waals surface area contributed by atoms with E-state index in [0.717, 1.165) is 0 Å². The van der Waals surface area contributed by atoms with E-state index in [0.29, 0.717) is 11.8 Å². The maximum absolute atomic E-state index is 11.0. The summed E-state index contributed by atoms with van der Waals surface area (Å²) in [6, 6.07) is 5.16. The zero-order valence-corrected chi connectivity index (χ0v) is 7.27. The van der Waals surface area contributed by atoms with E-state index in [-0.39, 0.29) is 5.57 Å². The molecule has 1 aromatic heterocycles. The topological polar surface area (TPSA) is 77.6 Å². The average molecular weight is 185 g/mol. The van der Waals surface area contributed by atoms with Crippen LogP contribution in [-0.4, -0.2) is 17.0 Å². The highest BCUT2D eigenvalue weighted by molar-refractivity contribution is 6.36. The van der Waals surface area contributed by atoms with Gasteiger partial charge in [-0.15, -0.1) is 0 Å². The molecule has 14 heavy (non-hydrogen) atoms. The second kappa shape index (κ2) is 4.67. The van der Waals surface area contributed by atoms with Crippen LogP contribution in [0.2, 0.25) is 0 Å². The first kappa shape index (κ1) is 9.81. The summed E-state index contributed by atoms with van der Waals surface area (Å²) in [5, 5.41) is 15.4. The van der Waals surface area contributed by atoms with Crippen LogP contribution in [0.25, 0.3) is 6.08 Å². The lowest BCUT2D eigenvalue weighted by Gasteiger charge is -1.92. The number of carbonyl (C=O) groups excluding carboxylic acids is 1. The molecule has 0 atom stereocenters. The first-order valence-corrected chi connectivity index (χ1v) is 3.84. The number of rotatable bonds is 3. The third-order valence-corrected chi connectivity index (χ3v) is 1.51. The minimum Gasteiger partial charge on any atom is -0.305 e. The van der Waals surface area contributed by atoms with Crippen molar-refractivity contribution < 1.29 is 4.79 Å². The van der Waals surface area contributed by atoms with Gasteiger partial charge in [-0.2, -0.15) is 5.26 Å². The van der Waals surface area contributed by atoms with Crippen LogP contribution in [0.1, 0.15) is 5.56 Å². The Morgan fingerprint density at radius 3 is 2.93 bits per heavy atom. The molecular formula is C10H7N3O. The molecule has 0 fully saturated rings. The molecule has 0 saturated heterocycles. The lowest BCUT2D eigenvalue weighted by atomic mass is 10.1. The molecule has 0 bridgehead atoms. The fourth-order valence-electron chi connectivity index (χ4n) is 0.864. The molecule has 0 saturated carbocycles. The zero-order chi connectivity index (χ0) is 10.4. The van der Waals surface area contributed by atoms with E-state index in [2.05, 4.69) is 4.98 Å². The Morgan fingerprint density at radius 1 is 1.64 bits per heavy atom. The molecule has 1 N–H and O–H groups in total. The van der Waals surface area contributed by atoms with Gasteiger partial charge in [0, 0.05) is 12.4 Å². The highest BCUT2D eigenvalue weighted by atomic mass is 16.1. The summed E-state index contributed by atoms with van der Waals surface area (Å²) < 4.78 is 0. The van der Waals surface area contributed by atoms with Gasteiger partial charge in [0.15, 0.2) is 0 Å². The smallest absolute Gasteiger partial charge is 0.213 e. The van der Waals surface area contributed by atoms with Gasteiger partial charge in [0.2, 0.25) is 5.78 Å². The van der Waals surface area contributed by atoms with E-state index in [4.69, 9.17) is 10.7 Å². The van der Waals surface area contributed by atoms with Gasteiger partial charge in [-0.05, 0) is 17.7 Å². The molecule has 4 heteroatoms. The Bertz CT molecular complexity index is 415. The van der Waals surface area contributed by atoms with Gasteiger partial charge in [0.05, 0.1) is 6.21 Å². The number of nitriles is 1. The van der Waals surface area contributed by atoms with Crippen LogP contribution in [0.4, 0.5) is 0 Å². The number of hydrogen-bond acceptors (Lipinski definition) is 4. The molecule has 1 aromatic rings. The van der Waals surface area contributed by atoms with Crippen LogP contribution in [-0.2, 0) is 4.79 Å². The van der Waals surface area contributed by atoms with Gasteiger partial charge in [-0.3, -0.25) is 9.78 Å². The van der Waals surface area contributed by atoms with Crippen LogP contribution in [0, 0.1) is 16.7 Å². The summed E-state index contributed by atoms with van der Waals surface area (Å²) in [6.45, 7) is 0. The summed E-state index contributed by atoms with van der Waals surface area (Å²) in [6.07, 6.45) is 5.15. The number of carbonyl (C=O) groups is 1. The SMILES string of the molecule is N#CC(=Cc1cccnc1)C(=O)C=N. The summed E-state index contributed by atoms with van der Waals surface area (Å²) in [7, 11) is 0. The van der Waals surface area contributed by atoms with Crippen molar-refractivity contribution in [2.75, 3.05) is 0 Å². The Labute approximate surface area is 81.0 Å². The molecule has 0 amide bonds. The van der Waals surface area contributed by atoms with Gasteiger partial charge in [-0.1, -0.05) is 6.07 Å². The van der Waals surface area contributed by atoms with Crippen molar-refractivity contribution in [1.29, 1.82) is 10.7 Å². The third kappa shape index (κ3) is 2.35. The fraction of sp³-hybridized carbons (Fsp3) is 0. The predicted octanol–water partition coefficient (Wildman–Crippen LogP) is 1.21. The summed E-state index contributed by atoms with van der Waals surface area (Å²) >= 11 is 0. The number of allylic oxidation sites excluding steroid dienone is 1. The Balaban J connectivity index is 3.03. The monoisotopic (exact) mass is 185 g/mol. The quantitative estimate of drug-likeness (QED) is 0.436. The second-order valence-corrected chi connectivity index (χ2v) is 2.46. The van der Waals surface area contributed by atoms with Crippen molar-refractivity contribution in [2.45, 2.75) is 0 Å². The number of pyridine rings is 1. The maximum Gasteiger partial charge on any atom is 0.213 e. The first-order valence-electron chi connectivity index (χ1n) is 3.84. The van der Waals surface area contributed by atoms with E-state index >= 15 is 0 Å². The summed E-state index contributed by atoms with van der Waals surface area (Å²) in [5.74, 6) is -0.601. The molecule has 0 aliphatic heterocycles. The molecule has 0 aliphatic carbocycles. The molecular weight excluding hydrogens is 178 g/mol. The Morgan fingerprint density at radius 2 is 2.43 bits per heavy atom. The number of aromatic nitrogens is 1. The summed E-state index contributed by atoms with van der Waals surface area (Å²) in [4.78, 5) is 14.8. The average Bonchev–Trinajstić information content (AvgIpc) is 2.26. The van der Waals surface area contributed by atoms with Crippen LogP contribution >= 0.6 is 0 Å². The maximum atomic E-state index is 11.0. The van der Waals surface area contributed by atoms with Crippen LogP contribution in [0.15, 0.2) is 30.1 Å². The van der Waals surface area contributed by atoms with Crippen LogP contribution < -0.4 is 0 Å². The van der Waals surface area contributed by atoms with Crippen molar-refractivity contribution in [3.8, 4) is 6.07 Å². The van der Waals surface area contributed by atoms with E-state index in [9.17, 15) is 4.79 Å². The molecule has 4 nitrogen and oxygen atoms in total. The molecule has 0 aliphatic rings. The highest BCUT2D eigenvalue weighted by Gasteiger charge is 2.04. The minimum absolute atomic E-state index is 0.0620. The first-order chi connectivity index (χ1) is 6.77. The molecule has 0 unspecified atom stereocenters. The van der Waals surface area contributed by atoms with Crippen molar-refractivity contribution in [3.05, 3.63) is 35.7 Å². The van der Waals surface area contributed by atoms with Gasteiger partial charge in [0.25, 0.3) is 0 Å². The van der Waals surface area contributed by atoms with Gasteiger partial charge in [0.1, 0.15) is 11.6 Å². The summed E-state index contributed by atoms with van der Waals surface area (Å²) in [5.41, 5.74) is 0.604. The van der Waals surface area contributed by atoms with Crippen molar-refractivity contribution in [2.24, 2.45) is 0 Å². The standard InChI is InChI=1S/C10H7N3O/c11-5-9(10(14)6-12)4-8-2-1-3-13-7-8/h1-4,6-7,12H. The van der Waals surface area contributed by atoms with Crippen molar-refractivity contribution in [3.63, 3.8) is 0 Å². The van der Waals surface area contributed by atoms with Gasteiger partial charge < -0.3 is 5.41 Å². The van der Waals surface area contributed by atoms with Crippen LogP contribution in [0.5, 0.6) is 0 Å². The van der Waals surface area contributed by atoms with E-state index < -0.39 is 5.78 Å². The number of Topliss-reactive ketones (excluding diaryl/α,β-unsaturated/α-hetero) is 1. The molecule has 0 radical (unpaired) electrons. The lowest BCUT2D eigenvalue weighted by Crippen LogP contribution is -2.00. The Hall–Kier alpha value is -2.28. The van der Waals surface area contributed by atoms with Crippen molar-refractivity contribution in [1.82, 2.24) is 4.98 Å². The molecule has 1 heterocycles. The zero-order valence-electron chi connectivity index (χ0n) is 7.27. The minimum atomic E-state index is -0.601. The van der Waals surface area contributed by atoms with Crippen LogP contribution in [0.3, 0.4) is 0 Å². The number of nitrogens with zero attached hydrogens (tertiary/aromatic N) is 2. The van der Waals surface area contributed by atoms with E-state index in [1.807, 2.05) is 0 Å². The number of ketones is 1. The molecule has 1 rings (SSSR count). The third-order valence-electron chi connectivity index (χ3n) is 1.51. The lowest BCUT2D eigenvalue weighted by molar-refractivity contribution is -0.109. The molecule has 68 valence electrons. The predicted molar refractivity (Wildman–Crippen MR) is 51.6 cm³/mol. The largest absolute Gasteiger partial charge is 0.305 e. The van der Waals surface area contributed by atoms with Gasteiger partial charge >= 0.3 is 0 Å². The highest BCUT2D eigenvalue weighted by Crippen LogP contribution is 2.04. The van der Waals surface area contributed by atoms with Gasteiger partial charge in [-0.25, -0.2) is 0 Å². The Kier molecular flexibility index (Phi) is 3.27. The molecule has 0 aromatic carbocycles. The number of hydrogen-bond donors (Lipinski definition) is 1. The second-order valence-electron chi connectivity index (χ2n) is 2.46. The number of nitrogens with one attached hydrogen (secondary N) is 1.